The van der Waals surface area contributed by atoms with Crippen LogP contribution in [0, 0.1) is 0 Å². The highest BCUT2D eigenvalue weighted by Crippen LogP contribution is 2.21. The molecule has 0 aliphatic rings. The van der Waals surface area contributed by atoms with E-state index in [1.807, 2.05) is 0 Å². The second-order valence-corrected chi connectivity index (χ2v) is 5.44. The predicted molar refractivity (Wildman–Crippen MR) is 67.8 cm³/mol. The predicted octanol–water partition coefficient (Wildman–Crippen LogP) is 2.60. The molecule has 2 N–H and O–H groups in total. The van der Waals surface area contributed by atoms with Gasteiger partial charge in [0, 0.05) is 4.47 Å². The van der Waals surface area contributed by atoms with Gasteiger partial charge in [-0.25, -0.2) is 0 Å². The summed E-state index contributed by atoms with van der Waals surface area (Å²) in [5.74, 6) is -0.295. The molecule has 1 rings (SSSR count). The van der Waals surface area contributed by atoms with Gasteiger partial charge in [-0.3, -0.25) is 4.79 Å². The topological polar surface area (TPSA) is 49.3 Å². The number of hydrogen-bond donors (Lipinski definition) is 2. The molecular weight excluding hydrogens is 293 g/mol. The Morgan fingerprint density at radius 1 is 1.56 bits per heavy atom. The number of carbonyl (C=O) groups is 1. The second-order valence-electron chi connectivity index (χ2n) is 4.12. The van der Waals surface area contributed by atoms with E-state index in [-0.39, 0.29) is 12.5 Å². The molecule has 0 fully saturated rings. The van der Waals surface area contributed by atoms with Crippen LogP contribution < -0.4 is 5.32 Å². The van der Waals surface area contributed by atoms with Crippen LogP contribution in [0.25, 0.3) is 0 Å². The maximum Gasteiger partial charge on any atom is 0.253 e. The Morgan fingerprint density at radius 2 is 2.19 bits per heavy atom. The van der Waals surface area contributed by atoms with Gasteiger partial charge in [-0.05, 0) is 32.0 Å². The van der Waals surface area contributed by atoms with Crippen LogP contribution in [0.3, 0.4) is 0 Å². The molecule has 16 heavy (non-hydrogen) atoms. The van der Waals surface area contributed by atoms with Crippen LogP contribution in [0.2, 0.25) is 5.02 Å². The number of nitrogens with one attached hydrogen (secondary N) is 1. The number of aliphatic hydroxyl groups is 1. The van der Waals surface area contributed by atoms with Crippen LogP contribution in [0.4, 0.5) is 0 Å². The maximum absolute atomic E-state index is 11.8. The third-order valence-corrected chi connectivity index (χ3v) is 2.83. The molecule has 0 bridgehead atoms. The summed E-state index contributed by atoms with van der Waals surface area (Å²) >= 11 is 9.21. The van der Waals surface area contributed by atoms with Crippen molar-refractivity contribution in [1.82, 2.24) is 5.32 Å². The van der Waals surface area contributed by atoms with E-state index in [9.17, 15) is 4.79 Å². The first-order chi connectivity index (χ1) is 7.35. The minimum atomic E-state index is -0.659. The molecule has 0 spiro atoms. The van der Waals surface area contributed by atoms with E-state index in [0.29, 0.717) is 10.6 Å². The summed E-state index contributed by atoms with van der Waals surface area (Å²) in [7, 11) is 0. The fourth-order valence-electron chi connectivity index (χ4n) is 1.09. The van der Waals surface area contributed by atoms with Gasteiger partial charge in [0.25, 0.3) is 5.91 Å². The van der Waals surface area contributed by atoms with Crippen LogP contribution in [0.5, 0.6) is 0 Å². The Morgan fingerprint density at radius 3 is 2.69 bits per heavy atom. The van der Waals surface area contributed by atoms with Gasteiger partial charge in [0.05, 0.1) is 22.7 Å². The fraction of sp³-hybridized carbons (Fsp3) is 0.364. The minimum absolute atomic E-state index is 0.132. The Bertz CT molecular complexity index is 407. The van der Waals surface area contributed by atoms with Gasteiger partial charge in [0.2, 0.25) is 0 Å². The first-order valence-corrected chi connectivity index (χ1v) is 5.91. The lowest BCUT2D eigenvalue weighted by molar-refractivity contribution is 0.0869. The molecule has 0 aliphatic carbocycles. The number of rotatable bonds is 3. The fourth-order valence-corrected chi connectivity index (χ4v) is 1.85. The molecule has 0 atom stereocenters. The smallest absolute Gasteiger partial charge is 0.253 e. The van der Waals surface area contributed by atoms with Gasteiger partial charge in [-0.15, -0.1) is 0 Å². The van der Waals surface area contributed by atoms with Gasteiger partial charge in [-0.1, -0.05) is 27.5 Å². The Labute approximate surface area is 108 Å². The molecule has 1 amide bonds. The molecule has 88 valence electrons. The van der Waals surface area contributed by atoms with Crippen molar-refractivity contribution in [1.29, 1.82) is 0 Å². The third kappa shape index (κ3) is 3.47. The van der Waals surface area contributed by atoms with Crippen LogP contribution in [0.1, 0.15) is 24.2 Å². The van der Waals surface area contributed by atoms with Crippen LogP contribution in [-0.4, -0.2) is 23.2 Å². The van der Waals surface area contributed by atoms with Crippen molar-refractivity contribution in [2.24, 2.45) is 0 Å². The lowest BCUT2D eigenvalue weighted by Crippen LogP contribution is -2.46. The summed E-state index contributed by atoms with van der Waals surface area (Å²) in [5, 5.41) is 12.1. The molecule has 0 unspecified atom stereocenters. The van der Waals surface area contributed by atoms with Crippen LogP contribution in [-0.2, 0) is 0 Å². The standard InChI is InChI=1S/C11H13BrClNO2/c1-11(2,6-15)14-10(16)8-4-3-7(12)5-9(8)13/h3-5,15H,6H2,1-2H3,(H,14,16). The van der Waals surface area contributed by atoms with E-state index in [1.165, 1.54) is 0 Å². The summed E-state index contributed by atoms with van der Waals surface area (Å²) < 4.78 is 0.815. The van der Waals surface area contributed by atoms with E-state index in [0.717, 1.165) is 4.47 Å². The maximum atomic E-state index is 11.8. The van der Waals surface area contributed by atoms with Gasteiger partial charge >= 0.3 is 0 Å². The monoisotopic (exact) mass is 305 g/mol. The van der Waals surface area contributed by atoms with Crippen molar-refractivity contribution in [3.05, 3.63) is 33.3 Å². The molecule has 0 aliphatic heterocycles. The minimum Gasteiger partial charge on any atom is -0.394 e. The molecule has 0 saturated carbocycles. The number of hydrogen-bond acceptors (Lipinski definition) is 2. The second kappa shape index (κ2) is 5.17. The molecule has 3 nitrogen and oxygen atoms in total. The quantitative estimate of drug-likeness (QED) is 0.902. The Kier molecular flexibility index (Phi) is 4.35. The zero-order valence-corrected chi connectivity index (χ0v) is 11.4. The van der Waals surface area contributed by atoms with E-state index in [1.54, 1.807) is 32.0 Å². The third-order valence-electron chi connectivity index (χ3n) is 2.02. The lowest BCUT2D eigenvalue weighted by Gasteiger charge is -2.23. The number of aliphatic hydroxyl groups excluding tert-OH is 1. The zero-order valence-electron chi connectivity index (χ0n) is 9.05. The van der Waals surface area contributed by atoms with Gasteiger partial charge in [0.15, 0.2) is 0 Å². The average Bonchev–Trinajstić information content (AvgIpc) is 2.16. The van der Waals surface area contributed by atoms with Crippen molar-refractivity contribution < 1.29 is 9.90 Å². The van der Waals surface area contributed by atoms with Crippen molar-refractivity contribution in [3.8, 4) is 0 Å². The molecule has 0 heterocycles. The van der Waals surface area contributed by atoms with Crippen LogP contribution in [0.15, 0.2) is 22.7 Å². The highest BCUT2D eigenvalue weighted by molar-refractivity contribution is 9.10. The first-order valence-electron chi connectivity index (χ1n) is 4.74. The largest absolute Gasteiger partial charge is 0.394 e. The lowest BCUT2D eigenvalue weighted by atomic mass is 10.1. The van der Waals surface area contributed by atoms with Crippen LogP contribution >= 0.6 is 27.5 Å². The summed E-state index contributed by atoms with van der Waals surface area (Å²) in [6.45, 7) is 3.34. The normalized spacial score (nSPS) is 11.3. The molecule has 1 aromatic rings. The number of benzene rings is 1. The van der Waals surface area contributed by atoms with Crippen molar-refractivity contribution in [3.63, 3.8) is 0 Å². The molecule has 0 radical (unpaired) electrons. The Balaban J connectivity index is 2.89. The van der Waals surface area contributed by atoms with E-state index in [2.05, 4.69) is 21.2 Å². The number of carbonyl (C=O) groups excluding carboxylic acids is 1. The first kappa shape index (κ1) is 13.5. The Hall–Kier alpha value is -0.580. The molecule has 5 heteroatoms. The van der Waals surface area contributed by atoms with Crippen molar-refractivity contribution >= 4 is 33.4 Å². The number of amides is 1. The van der Waals surface area contributed by atoms with E-state index >= 15 is 0 Å². The van der Waals surface area contributed by atoms with Gasteiger partial charge in [-0.2, -0.15) is 0 Å². The summed E-state index contributed by atoms with van der Waals surface area (Å²) in [4.78, 5) is 11.8. The summed E-state index contributed by atoms with van der Waals surface area (Å²) in [6, 6.07) is 5.03. The average molecular weight is 307 g/mol. The summed E-state index contributed by atoms with van der Waals surface area (Å²) in [5.41, 5.74) is -0.264. The van der Waals surface area contributed by atoms with Gasteiger partial charge in [0.1, 0.15) is 0 Å². The summed E-state index contributed by atoms with van der Waals surface area (Å²) in [6.07, 6.45) is 0. The zero-order chi connectivity index (χ0) is 12.3. The SMILES string of the molecule is CC(C)(CO)NC(=O)c1ccc(Br)cc1Cl. The highest BCUT2D eigenvalue weighted by Gasteiger charge is 2.21. The number of halogens is 2. The van der Waals surface area contributed by atoms with Gasteiger partial charge < -0.3 is 10.4 Å². The van der Waals surface area contributed by atoms with Crippen molar-refractivity contribution in [2.45, 2.75) is 19.4 Å². The molecule has 0 saturated heterocycles. The van der Waals surface area contributed by atoms with Crippen molar-refractivity contribution in [2.75, 3.05) is 6.61 Å². The molecule has 1 aromatic carbocycles. The molecule has 0 aromatic heterocycles. The highest BCUT2D eigenvalue weighted by atomic mass is 79.9. The molecular formula is C11H13BrClNO2. The van der Waals surface area contributed by atoms with E-state index in [4.69, 9.17) is 16.7 Å². The van der Waals surface area contributed by atoms with E-state index < -0.39 is 5.54 Å².